The first kappa shape index (κ1) is 29.2. The number of fused-ring (bicyclic) bond motifs is 1. The molecule has 3 heterocycles. The topological polar surface area (TPSA) is 92.2 Å². The van der Waals surface area contributed by atoms with Crippen molar-refractivity contribution in [2.45, 2.75) is 71.8 Å². The molecule has 2 aromatic rings. The van der Waals surface area contributed by atoms with Gasteiger partial charge in [0.2, 0.25) is 12.7 Å². The number of hydrogen-bond donors (Lipinski definition) is 1. The first-order chi connectivity index (χ1) is 18.3. The lowest BCUT2D eigenvalue weighted by Crippen LogP contribution is -2.43. The second-order valence-electron chi connectivity index (χ2n) is 10.1. The zero-order valence-corrected chi connectivity index (χ0v) is 23.1. The Labute approximate surface area is 226 Å². The Balaban J connectivity index is 0.000000934. The van der Waals surface area contributed by atoms with E-state index in [4.69, 9.17) is 19.4 Å². The van der Waals surface area contributed by atoms with Crippen LogP contribution in [0, 0.1) is 0 Å². The lowest BCUT2D eigenvalue weighted by Gasteiger charge is -2.28. The number of likely N-dealkylation sites (tertiary alicyclic amines) is 1. The number of unbranched alkanes of at least 4 members (excludes halogenated alkanes) is 1. The number of amides is 1. The lowest BCUT2D eigenvalue weighted by atomic mass is 9.94. The summed E-state index contributed by atoms with van der Waals surface area (Å²) < 4.78 is 11.1. The standard InChI is InChI=1S/C28H37N3O3.C2H4O2/c1-4-5-14-31(25-10-7-13-29-17-25)28(32)19-30-18-23(15-24(30)9-6-8-21(2)3)22-11-12-26-27(16-22)34-20-33-26;1-2(3)4/h7-8,10-13,16-17,23-24H,4-6,9,14-15,18-20H2,1-3H3;1H3,(H,3,4). The normalized spacial score (nSPS) is 17.9. The highest BCUT2D eigenvalue weighted by atomic mass is 16.7. The van der Waals surface area contributed by atoms with Gasteiger partial charge >= 0.3 is 0 Å². The first-order valence-corrected chi connectivity index (χ1v) is 13.4. The molecule has 0 saturated carbocycles. The molecule has 1 saturated heterocycles. The van der Waals surface area contributed by atoms with E-state index in [1.54, 1.807) is 12.4 Å². The van der Waals surface area contributed by atoms with Crippen LogP contribution in [0.25, 0.3) is 0 Å². The molecule has 2 aliphatic heterocycles. The van der Waals surface area contributed by atoms with E-state index in [0.29, 0.717) is 18.5 Å². The highest BCUT2D eigenvalue weighted by molar-refractivity contribution is 5.94. The molecule has 8 heteroatoms. The Morgan fingerprint density at radius 2 is 1.95 bits per heavy atom. The van der Waals surface area contributed by atoms with Crippen molar-refractivity contribution < 1.29 is 24.2 Å². The molecular weight excluding hydrogens is 482 g/mol. The number of rotatable bonds is 10. The van der Waals surface area contributed by atoms with Crippen LogP contribution in [0.2, 0.25) is 0 Å². The smallest absolute Gasteiger partial charge is 0.300 e. The van der Waals surface area contributed by atoms with Gasteiger partial charge in [-0.2, -0.15) is 0 Å². The summed E-state index contributed by atoms with van der Waals surface area (Å²) in [5.74, 6) is 1.34. The van der Waals surface area contributed by atoms with Crippen LogP contribution < -0.4 is 14.4 Å². The van der Waals surface area contributed by atoms with Crippen LogP contribution in [0.1, 0.15) is 71.3 Å². The quantitative estimate of drug-likeness (QED) is 0.403. The molecule has 38 heavy (non-hydrogen) atoms. The zero-order valence-electron chi connectivity index (χ0n) is 23.1. The Hall–Kier alpha value is -3.39. The van der Waals surface area contributed by atoms with E-state index in [1.165, 1.54) is 11.1 Å². The SMILES string of the molecule is CC(=O)O.CCCCN(C(=O)CN1CC(c2ccc3c(c2)OCO3)CC1CCC=C(C)C)c1cccnc1. The Kier molecular flexibility index (Phi) is 11.1. The molecule has 1 amide bonds. The number of ether oxygens (including phenoxy) is 2. The summed E-state index contributed by atoms with van der Waals surface area (Å²) in [6.07, 6.45) is 11.0. The van der Waals surface area contributed by atoms with Crippen LogP contribution in [0.3, 0.4) is 0 Å². The number of carboxylic acid groups (broad SMARTS) is 1. The average molecular weight is 524 g/mol. The first-order valence-electron chi connectivity index (χ1n) is 13.4. The van der Waals surface area contributed by atoms with Gasteiger partial charge in [-0.3, -0.25) is 19.5 Å². The molecule has 8 nitrogen and oxygen atoms in total. The molecule has 1 fully saturated rings. The van der Waals surface area contributed by atoms with Gasteiger partial charge in [-0.05, 0) is 75.3 Å². The lowest BCUT2D eigenvalue weighted by molar-refractivity contribution is -0.134. The van der Waals surface area contributed by atoms with Crippen LogP contribution in [-0.4, -0.2) is 59.3 Å². The van der Waals surface area contributed by atoms with Gasteiger partial charge < -0.3 is 19.5 Å². The van der Waals surface area contributed by atoms with E-state index in [0.717, 1.165) is 69.3 Å². The van der Waals surface area contributed by atoms with Crippen molar-refractivity contribution in [3.63, 3.8) is 0 Å². The molecule has 0 aliphatic carbocycles. The minimum Gasteiger partial charge on any atom is -0.481 e. The maximum Gasteiger partial charge on any atom is 0.300 e. The van der Waals surface area contributed by atoms with Crippen LogP contribution in [0.4, 0.5) is 5.69 Å². The highest BCUT2D eigenvalue weighted by Crippen LogP contribution is 2.39. The summed E-state index contributed by atoms with van der Waals surface area (Å²) in [4.78, 5) is 31.1. The number of carboxylic acids is 1. The maximum absolute atomic E-state index is 13.5. The molecule has 1 N–H and O–H groups in total. The number of aliphatic carboxylic acids is 1. The fourth-order valence-electron chi connectivity index (χ4n) is 4.94. The number of anilines is 1. The number of carbonyl (C=O) groups is 2. The van der Waals surface area contributed by atoms with Gasteiger partial charge in [0.05, 0.1) is 18.4 Å². The molecule has 1 aromatic heterocycles. The van der Waals surface area contributed by atoms with Gasteiger partial charge in [0, 0.05) is 32.3 Å². The van der Waals surface area contributed by atoms with Crippen molar-refractivity contribution in [2.75, 3.05) is 31.3 Å². The van der Waals surface area contributed by atoms with Crippen LogP contribution in [0.5, 0.6) is 11.5 Å². The van der Waals surface area contributed by atoms with Crippen molar-refractivity contribution in [3.8, 4) is 11.5 Å². The average Bonchev–Trinajstić information content (AvgIpc) is 3.51. The van der Waals surface area contributed by atoms with E-state index in [1.807, 2.05) is 23.1 Å². The van der Waals surface area contributed by atoms with Gasteiger partial charge in [-0.1, -0.05) is 31.1 Å². The van der Waals surface area contributed by atoms with Crippen molar-refractivity contribution in [2.24, 2.45) is 0 Å². The minimum atomic E-state index is -0.833. The Bertz CT molecular complexity index is 1080. The summed E-state index contributed by atoms with van der Waals surface area (Å²) in [5.41, 5.74) is 3.49. The molecule has 2 aliphatic rings. The molecule has 0 spiro atoms. The van der Waals surface area contributed by atoms with Gasteiger partial charge in [-0.25, -0.2) is 0 Å². The van der Waals surface area contributed by atoms with E-state index in [2.05, 4.69) is 48.9 Å². The van der Waals surface area contributed by atoms with Crippen LogP contribution in [0.15, 0.2) is 54.4 Å². The molecular formula is C30H41N3O5. The van der Waals surface area contributed by atoms with Crippen molar-refractivity contribution in [3.05, 3.63) is 59.9 Å². The molecule has 2 unspecified atom stereocenters. The highest BCUT2D eigenvalue weighted by Gasteiger charge is 2.35. The predicted molar refractivity (Wildman–Crippen MR) is 149 cm³/mol. The second kappa shape index (κ2) is 14.5. The van der Waals surface area contributed by atoms with Crippen LogP contribution in [-0.2, 0) is 9.59 Å². The third kappa shape index (κ3) is 8.58. The number of aromatic nitrogens is 1. The van der Waals surface area contributed by atoms with Crippen molar-refractivity contribution >= 4 is 17.6 Å². The number of nitrogens with zero attached hydrogens (tertiary/aromatic N) is 3. The third-order valence-electron chi connectivity index (χ3n) is 6.78. The third-order valence-corrected chi connectivity index (χ3v) is 6.78. The Morgan fingerprint density at radius 1 is 1.18 bits per heavy atom. The number of allylic oxidation sites excluding steroid dienone is 2. The number of carbonyl (C=O) groups excluding carboxylic acids is 1. The number of benzene rings is 1. The monoisotopic (exact) mass is 523 g/mol. The van der Waals surface area contributed by atoms with Gasteiger partial charge in [0.1, 0.15) is 0 Å². The van der Waals surface area contributed by atoms with Crippen molar-refractivity contribution in [1.29, 1.82) is 0 Å². The summed E-state index contributed by atoms with van der Waals surface area (Å²) in [6, 6.07) is 10.5. The number of pyridine rings is 1. The second-order valence-corrected chi connectivity index (χ2v) is 10.1. The summed E-state index contributed by atoms with van der Waals surface area (Å²) in [7, 11) is 0. The Morgan fingerprint density at radius 3 is 2.63 bits per heavy atom. The van der Waals surface area contributed by atoms with E-state index < -0.39 is 5.97 Å². The molecule has 0 radical (unpaired) electrons. The van der Waals surface area contributed by atoms with Crippen LogP contribution >= 0.6 is 0 Å². The van der Waals surface area contributed by atoms with Gasteiger partial charge in [-0.15, -0.1) is 0 Å². The molecule has 2 atom stereocenters. The summed E-state index contributed by atoms with van der Waals surface area (Å²) >= 11 is 0. The summed E-state index contributed by atoms with van der Waals surface area (Å²) in [6.45, 7) is 9.84. The van der Waals surface area contributed by atoms with Gasteiger partial charge in [0.25, 0.3) is 5.97 Å². The van der Waals surface area contributed by atoms with E-state index >= 15 is 0 Å². The van der Waals surface area contributed by atoms with E-state index in [-0.39, 0.29) is 12.7 Å². The number of hydrogen-bond acceptors (Lipinski definition) is 6. The van der Waals surface area contributed by atoms with E-state index in [9.17, 15) is 4.79 Å². The fourth-order valence-corrected chi connectivity index (χ4v) is 4.94. The largest absolute Gasteiger partial charge is 0.481 e. The zero-order chi connectivity index (χ0) is 27.5. The fraction of sp³-hybridized carbons (Fsp3) is 0.500. The molecule has 0 bridgehead atoms. The molecule has 206 valence electrons. The summed E-state index contributed by atoms with van der Waals surface area (Å²) in [5, 5.41) is 7.42. The van der Waals surface area contributed by atoms with Gasteiger partial charge in [0.15, 0.2) is 11.5 Å². The minimum absolute atomic E-state index is 0.153. The predicted octanol–water partition coefficient (Wildman–Crippen LogP) is 5.64. The molecule has 4 rings (SSSR count). The maximum atomic E-state index is 13.5. The van der Waals surface area contributed by atoms with Crippen molar-refractivity contribution in [1.82, 2.24) is 9.88 Å². The molecule has 1 aromatic carbocycles.